The first-order valence-corrected chi connectivity index (χ1v) is 8.36. The van der Waals surface area contributed by atoms with Crippen molar-refractivity contribution in [3.05, 3.63) is 0 Å². The van der Waals surface area contributed by atoms with Crippen LogP contribution in [0.15, 0.2) is 0 Å². The third kappa shape index (κ3) is 3.03. The average molecular weight is 275 g/mol. The number of hydrogen-bond acceptors (Lipinski definition) is 4. The molecule has 0 aromatic rings. The number of nitrogens with zero attached hydrogens (tertiary/aromatic N) is 1. The molecule has 1 amide bonds. The van der Waals surface area contributed by atoms with Crippen molar-refractivity contribution in [1.29, 1.82) is 0 Å². The van der Waals surface area contributed by atoms with Gasteiger partial charge in [-0.3, -0.25) is 4.79 Å². The van der Waals surface area contributed by atoms with Gasteiger partial charge in [0, 0.05) is 6.42 Å². The van der Waals surface area contributed by atoms with Gasteiger partial charge in [0.05, 0.1) is 30.2 Å². The first kappa shape index (κ1) is 13.8. The van der Waals surface area contributed by atoms with E-state index in [1.165, 1.54) is 0 Å². The minimum atomic E-state index is -2.91. The zero-order valence-electron chi connectivity index (χ0n) is 10.8. The van der Waals surface area contributed by atoms with Crippen molar-refractivity contribution in [2.24, 2.45) is 5.92 Å². The molecule has 5 nitrogen and oxygen atoms in total. The Labute approximate surface area is 108 Å². The highest BCUT2D eigenvalue weighted by atomic mass is 32.2. The number of likely N-dealkylation sites (tertiary alicyclic amines) is 1. The predicted molar refractivity (Wildman–Crippen MR) is 67.8 cm³/mol. The second-order valence-corrected chi connectivity index (χ2v) is 7.93. The summed E-state index contributed by atoms with van der Waals surface area (Å²) < 4.78 is 22.6. The number of amides is 1. The molecule has 0 aromatic carbocycles. The standard InChI is InChI=1S/C12H21NO4S/c1-2-4-12(15)8-13(9-12)11(14)6-10-3-5-18(16,17)7-10/h10,15H,2-9H2,1H3. The van der Waals surface area contributed by atoms with Crippen molar-refractivity contribution in [3.63, 3.8) is 0 Å². The van der Waals surface area contributed by atoms with Crippen LogP contribution in [0.4, 0.5) is 0 Å². The molecule has 0 aromatic heterocycles. The van der Waals surface area contributed by atoms with Gasteiger partial charge in [-0.1, -0.05) is 13.3 Å². The van der Waals surface area contributed by atoms with Crippen LogP contribution in [0.25, 0.3) is 0 Å². The van der Waals surface area contributed by atoms with Crippen LogP contribution in [0.1, 0.15) is 32.6 Å². The molecule has 2 saturated heterocycles. The summed E-state index contributed by atoms with van der Waals surface area (Å²) in [4.78, 5) is 13.5. The van der Waals surface area contributed by atoms with E-state index in [-0.39, 0.29) is 23.3 Å². The van der Waals surface area contributed by atoms with Crippen LogP contribution in [-0.4, -0.2) is 54.5 Å². The van der Waals surface area contributed by atoms with Gasteiger partial charge in [-0.2, -0.15) is 0 Å². The van der Waals surface area contributed by atoms with Crippen LogP contribution >= 0.6 is 0 Å². The van der Waals surface area contributed by atoms with Gasteiger partial charge in [0.1, 0.15) is 0 Å². The molecule has 2 aliphatic heterocycles. The van der Waals surface area contributed by atoms with Crippen LogP contribution in [-0.2, 0) is 14.6 Å². The van der Waals surface area contributed by atoms with Crippen molar-refractivity contribution in [2.75, 3.05) is 24.6 Å². The second kappa shape index (κ2) is 4.81. The number of hydrogen-bond donors (Lipinski definition) is 1. The maximum atomic E-state index is 11.9. The smallest absolute Gasteiger partial charge is 0.223 e. The van der Waals surface area contributed by atoms with E-state index in [1.807, 2.05) is 6.92 Å². The van der Waals surface area contributed by atoms with Gasteiger partial charge in [0.2, 0.25) is 5.91 Å². The van der Waals surface area contributed by atoms with Gasteiger partial charge in [0.15, 0.2) is 9.84 Å². The number of carbonyl (C=O) groups excluding carboxylic acids is 1. The van der Waals surface area contributed by atoms with E-state index >= 15 is 0 Å². The van der Waals surface area contributed by atoms with Gasteiger partial charge in [-0.05, 0) is 18.8 Å². The van der Waals surface area contributed by atoms with Gasteiger partial charge in [-0.25, -0.2) is 8.42 Å². The van der Waals surface area contributed by atoms with Crippen molar-refractivity contribution < 1.29 is 18.3 Å². The molecular weight excluding hydrogens is 254 g/mol. The van der Waals surface area contributed by atoms with Crippen molar-refractivity contribution >= 4 is 15.7 Å². The highest BCUT2D eigenvalue weighted by Gasteiger charge is 2.43. The average Bonchev–Trinajstić information content (AvgIpc) is 2.54. The Morgan fingerprint density at radius 3 is 2.61 bits per heavy atom. The molecule has 2 fully saturated rings. The molecule has 0 spiro atoms. The summed E-state index contributed by atoms with van der Waals surface area (Å²) in [6.45, 7) is 2.81. The molecule has 0 aliphatic carbocycles. The summed E-state index contributed by atoms with van der Waals surface area (Å²) in [6.07, 6.45) is 2.52. The Kier molecular flexibility index (Phi) is 3.69. The molecule has 6 heteroatoms. The van der Waals surface area contributed by atoms with E-state index in [2.05, 4.69) is 0 Å². The molecule has 0 bridgehead atoms. The lowest BCUT2D eigenvalue weighted by atomic mass is 9.88. The normalized spacial score (nSPS) is 29.0. The largest absolute Gasteiger partial charge is 0.386 e. The van der Waals surface area contributed by atoms with Gasteiger partial charge >= 0.3 is 0 Å². The number of carbonyl (C=O) groups is 1. The molecule has 0 saturated carbocycles. The minimum absolute atomic E-state index is 0.0159. The Morgan fingerprint density at radius 2 is 2.11 bits per heavy atom. The predicted octanol–water partition coefficient (Wildman–Crippen LogP) is 0.185. The highest BCUT2D eigenvalue weighted by Crippen LogP contribution is 2.29. The summed E-state index contributed by atoms with van der Waals surface area (Å²) in [5.74, 6) is 0.316. The molecule has 1 atom stereocenters. The summed E-state index contributed by atoms with van der Waals surface area (Å²) in [7, 11) is -2.91. The zero-order chi connectivity index (χ0) is 13.4. The first-order valence-electron chi connectivity index (χ1n) is 6.54. The van der Waals surface area contributed by atoms with Crippen LogP contribution in [0.2, 0.25) is 0 Å². The maximum absolute atomic E-state index is 11.9. The lowest BCUT2D eigenvalue weighted by molar-refractivity contribution is -0.157. The molecule has 18 heavy (non-hydrogen) atoms. The van der Waals surface area contributed by atoms with Crippen molar-refractivity contribution in [3.8, 4) is 0 Å². The maximum Gasteiger partial charge on any atom is 0.223 e. The molecule has 104 valence electrons. The molecular formula is C12H21NO4S. The van der Waals surface area contributed by atoms with Crippen molar-refractivity contribution in [2.45, 2.75) is 38.2 Å². The van der Waals surface area contributed by atoms with E-state index < -0.39 is 15.4 Å². The summed E-state index contributed by atoms with van der Waals surface area (Å²) in [5, 5.41) is 9.98. The monoisotopic (exact) mass is 275 g/mol. The third-order valence-electron chi connectivity index (χ3n) is 3.83. The summed E-state index contributed by atoms with van der Waals surface area (Å²) in [5.41, 5.74) is -0.702. The lowest BCUT2D eigenvalue weighted by Gasteiger charge is -2.46. The number of sulfone groups is 1. The molecule has 1 N–H and O–H groups in total. The number of rotatable bonds is 4. The van der Waals surface area contributed by atoms with Crippen LogP contribution in [0.5, 0.6) is 0 Å². The van der Waals surface area contributed by atoms with E-state index in [9.17, 15) is 18.3 Å². The summed E-state index contributed by atoms with van der Waals surface area (Å²) in [6, 6.07) is 0. The number of β-amino-alcohol motifs (C(OH)–C–C–N with tert-alkyl or cyclic N) is 1. The fourth-order valence-electron chi connectivity index (χ4n) is 2.87. The molecule has 2 aliphatic rings. The topological polar surface area (TPSA) is 74.7 Å². The van der Waals surface area contributed by atoms with E-state index in [4.69, 9.17) is 0 Å². The van der Waals surface area contributed by atoms with E-state index in [0.717, 1.165) is 6.42 Å². The van der Waals surface area contributed by atoms with Crippen LogP contribution in [0.3, 0.4) is 0 Å². The van der Waals surface area contributed by atoms with Crippen LogP contribution in [0, 0.1) is 5.92 Å². The van der Waals surface area contributed by atoms with Gasteiger partial charge < -0.3 is 10.0 Å². The van der Waals surface area contributed by atoms with Crippen LogP contribution < -0.4 is 0 Å². The Morgan fingerprint density at radius 1 is 1.44 bits per heavy atom. The molecule has 2 rings (SSSR count). The van der Waals surface area contributed by atoms with Gasteiger partial charge in [-0.15, -0.1) is 0 Å². The fraction of sp³-hybridized carbons (Fsp3) is 0.917. The third-order valence-corrected chi connectivity index (χ3v) is 5.67. The first-order chi connectivity index (χ1) is 8.34. The Hall–Kier alpha value is -0.620. The highest BCUT2D eigenvalue weighted by molar-refractivity contribution is 7.91. The zero-order valence-corrected chi connectivity index (χ0v) is 11.6. The molecule has 1 unspecified atom stereocenters. The lowest BCUT2D eigenvalue weighted by Crippen LogP contribution is -2.63. The van der Waals surface area contributed by atoms with E-state index in [1.54, 1.807) is 4.90 Å². The Bertz CT molecular complexity index is 425. The SMILES string of the molecule is CCCC1(O)CN(C(=O)CC2CCS(=O)(=O)C2)C1. The minimum Gasteiger partial charge on any atom is -0.386 e. The quantitative estimate of drug-likeness (QED) is 0.794. The fourth-order valence-corrected chi connectivity index (χ4v) is 4.73. The second-order valence-electron chi connectivity index (χ2n) is 5.70. The Balaban J connectivity index is 1.78. The van der Waals surface area contributed by atoms with Crippen molar-refractivity contribution in [1.82, 2.24) is 4.90 Å². The van der Waals surface area contributed by atoms with Gasteiger partial charge in [0.25, 0.3) is 0 Å². The summed E-state index contributed by atoms with van der Waals surface area (Å²) >= 11 is 0. The van der Waals surface area contributed by atoms with E-state index in [0.29, 0.717) is 32.4 Å². The molecule has 2 heterocycles. The molecule has 0 radical (unpaired) electrons. The number of aliphatic hydroxyl groups is 1.